The molecule has 0 aromatic heterocycles. The summed E-state index contributed by atoms with van der Waals surface area (Å²) in [7, 11) is 0. The van der Waals surface area contributed by atoms with Gasteiger partial charge in [0.05, 0.1) is 6.54 Å². The van der Waals surface area contributed by atoms with Crippen molar-refractivity contribution in [3.8, 4) is 0 Å². The zero-order valence-electron chi connectivity index (χ0n) is 13.5. The van der Waals surface area contributed by atoms with Crippen LogP contribution in [0.3, 0.4) is 0 Å². The van der Waals surface area contributed by atoms with Crippen molar-refractivity contribution in [3.05, 3.63) is 71.0 Å². The van der Waals surface area contributed by atoms with E-state index < -0.39 is 0 Å². The van der Waals surface area contributed by atoms with E-state index in [1.165, 1.54) is 11.0 Å². The minimum Gasteiger partial charge on any atom is -0.348 e. The molecule has 0 spiro atoms. The third-order valence-corrected chi connectivity index (χ3v) is 4.11. The summed E-state index contributed by atoms with van der Waals surface area (Å²) < 4.78 is 13.5. The Hall–Kier alpha value is -3.02. The van der Waals surface area contributed by atoms with Crippen molar-refractivity contribution in [3.63, 3.8) is 0 Å². The molecule has 0 atom stereocenters. The number of hydrogen-bond donors (Lipinski definition) is 1. The number of rotatable bonds is 5. The summed E-state index contributed by atoms with van der Waals surface area (Å²) in [5, 5.41) is 2.67. The molecule has 0 unspecified atom stereocenters. The van der Waals surface area contributed by atoms with Crippen LogP contribution in [0, 0.1) is 5.82 Å². The summed E-state index contributed by atoms with van der Waals surface area (Å²) in [5.74, 6) is -1.02. The Morgan fingerprint density at radius 3 is 2.28 bits per heavy atom. The molecule has 0 saturated carbocycles. The van der Waals surface area contributed by atoms with E-state index in [-0.39, 0.29) is 49.5 Å². The Bertz CT molecular complexity index is 802. The number of benzene rings is 2. The van der Waals surface area contributed by atoms with Crippen LogP contribution in [0.5, 0.6) is 0 Å². The molecule has 1 saturated heterocycles. The van der Waals surface area contributed by atoms with E-state index in [2.05, 4.69) is 5.32 Å². The van der Waals surface area contributed by atoms with Gasteiger partial charge in [0.1, 0.15) is 5.82 Å². The Kier molecular flexibility index (Phi) is 4.88. The molecule has 1 heterocycles. The molecule has 2 aromatic rings. The van der Waals surface area contributed by atoms with Crippen molar-refractivity contribution in [1.29, 1.82) is 0 Å². The Labute approximate surface area is 144 Å². The summed E-state index contributed by atoms with van der Waals surface area (Å²) in [4.78, 5) is 36.6. The lowest BCUT2D eigenvalue weighted by atomic mass is 10.1. The fraction of sp³-hybridized carbons (Fsp3) is 0.211. The summed E-state index contributed by atoms with van der Waals surface area (Å²) >= 11 is 0. The van der Waals surface area contributed by atoms with Crippen molar-refractivity contribution < 1.29 is 18.8 Å². The summed E-state index contributed by atoms with van der Waals surface area (Å²) in [6.45, 7) is 0.318. The highest BCUT2D eigenvalue weighted by molar-refractivity contribution is 6.01. The lowest BCUT2D eigenvalue weighted by molar-refractivity contribution is -0.139. The van der Waals surface area contributed by atoms with E-state index in [1.807, 2.05) is 0 Å². The van der Waals surface area contributed by atoms with Crippen LogP contribution in [-0.4, -0.2) is 22.6 Å². The Morgan fingerprint density at radius 2 is 1.64 bits per heavy atom. The largest absolute Gasteiger partial charge is 0.348 e. The monoisotopic (exact) mass is 340 g/mol. The highest BCUT2D eigenvalue weighted by Gasteiger charge is 2.28. The van der Waals surface area contributed by atoms with Crippen LogP contribution in [-0.2, 0) is 22.7 Å². The zero-order chi connectivity index (χ0) is 17.8. The Balaban J connectivity index is 1.60. The number of carbonyl (C=O) groups excluding carboxylic acids is 3. The van der Waals surface area contributed by atoms with Gasteiger partial charge in [-0.15, -0.1) is 0 Å². The molecule has 1 aliphatic heterocycles. The fourth-order valence-electron chi connectivity index (χ4n) is 2.66. The van der Waals surface area contributed by atoms with E-state index in [1.54, 1.807) is 42.5 Å². The molecule has 0 aliphatic carbocycles. The van der Waals surface area contributed by atoms with Gasteiger partial charge in [-0.05, 0) is 23.8 Å². The molecular formula is C19H17FN2O3. The number of nitrogens with one attached hydrogen (secondary N) is 1. The molecule has 1 fully saturated rings. The van der Waals surface area contributed by atoms with Gasteiger partial charge in [0, 0.05) is 30.5 Å². The quantitative estimate of drug-likeness (QED) is 0.850. The lowest BCUT2D eigenvalue weighted by Gasteiger charge is -2.14. The number of imide groups is 1. The molecule has 3 amide bonds. The maximum Gasteiger partial charge on any atom is 0.251 e. The Morgan fingerprint density at radius 1 is 1.00 bits per heavy atom. The minimum absolute atomic E-state index is 0.101. The molecule has 5 nitrogen and oxygen atoms in total. The fourth-order valence-corrected chi connectivity index (χ4v) is 2.66. The molecule has 0 bridgehead atoms. The zero-order valence-corrected chi connectivity index (χ0v) is 13.5. The van der Waals surface area contributed by atoms with Crippen LogP contribution in [0.15, 0.2) is 48.5 Å². The second-order valence-corrected chi connectivity index (χ2v) is 5.84. The topological polar surface area (TPSA) is 66.5 Å². The normalized spacial score (nSPS) is 14.0. The predicted octanol–water partition coefficient (Wildman–Crippen LogP) is 2.40. The van der Waals surface area contributed by atoms with Crippen LogP contribution in [0.1, 0.15) is 34.3 Å². The van der Waals surface area contributed by atoms with Gasteiger partial charge in [-0.2, -0.15) is 0 Å². The van der Waals surface area contributed by atoms with Gasteiger partial charge < -0.3 is 5.32 Å². The first kappa shape index (κ1) is 16.8. The van der Waals surface area contributed by atoms with Gasteiger partial charge in [-0.3, -0.25) is 19.3 Å². The third-order valence-electron chi connectivity index (χ3n) is 4.11. The number of amides is 3. The van der Waals surface area contributed by atoms with Gasteiger partial charge in [-0.25, -0.2) is 4.39 Å². The first-order valence-corrected chi connectivity index (χ1v) is 7.98. The van der Waals surface area contributed by atoms with E-state index in [0.717, 1.165) is 5.56 Å². The number of carbonyl (C=O) groups is 3. The van der Waals surface area contributed by atoms with Crippen molar-refractivity contribution in [1.82, 2.24) is 10.2 Å². The smallest absolute Gasteiger partial charge is 0.251 e. The summed E-state index contributed by atoms with van der Waals surface area (Å²) in [5.41, 5.74) is 1.62. The molecular weight excluding hydrogens is 323 g/mol. The standard InChI is InChI=1S/C19H17FN2O3/c20-16-4-2-1-3-15(16)11-21-19(25)14-7-5-13(6-8-14)12-22-17(23)9-10-18(22)24/h1-8H,9-12H2,(H,21,25). The van der Waals surface area contributed by atoms with Crippen molar-refractivity contribution >= 4 is 17.7 Å². The summed E-state index contributed by atoms with van der Waals surface area (Å²) in [6, 6.07) is 12.9. The highest BCUT2D eigenvalue weighted by atomic mass is 19.1. The van der Waals surface area contributed by atoms with E-state index >= 15 is 0 Å². The average Bonchev–Trinajstić information content (AvgIpc) is 2.93. The molecule has 1 aliphatic rings. The lowest BCUT2D eigenvalue weighted by Crippen LogP contribution is -2.28. The summed E-state index contributed by atoms with van der Waals surface area (Å²) in [6.07, 6.45) is 0.519. The first-order valence-electron chi connectivity index (χ1n) is 7.98. The van der Waals surface area contributed by atoms with E-state index in [4.69, 9.17) is 0 Å². The molecule has 2 aromatic carbocycles. The highest BCUT2D eigenvalue weighted by Crippen LogP contribution is 2.16. The van der Waals surface area contributed by atoms with Crippen molar-refractivity contribution in [2.75, 3.05) is 0 Å². The molecule has 128 valence electrons. The second-order valence-electron chi connectivity index (χ2n) is 5.84. The van der Waals surface area contributed by atoms with Crippen molar-refractivity contribution in [2.24, 2.45) is 0 Å². The van der Waals surface area contributed by atoms with Gasteiger partial charge in [0.25, 0.3) is 5.91 Å². The van der Waals surface area contributed by atoms with Gasteiger partial charge in [-0.1, -0.05) is 30.3 Å². The molecule has 25 heavy (non-hydrogen) atoms. The SMILES string of the molecule is O=C(NCc1ccccc1F)c1ccc(CN2C(=O)CCC2=O)cc1. The van der Waals surface area contributed by atoms with Crippen LogP contribution >= 0.6 is 0 Å². The average molecular weight is 340 g/mol. The van der Waals surface area contributed by atoms with Gasteiger partial charge in [0.2, 0.25) is 11.8 Å². The minimum atomic E-state index is -0.363. The maximum atomic E-state index is 13.5. The molecule has 1 N–H and O–H groups in total. The molecule has 6 heteroatoms. The maximum absolute atomic E-state index is 13.5. The number of hydrogen-bond acceptors (Lipinski definition) is 3. The van der Waals surface area contributed by atoms with Crippen LogP contribution in [0.4, 0.5) is 4.39 Å². The predicted molar refractivity (Wildman–Crippen MR) is 88.8 cm³/mol. The number of halogens is 1. The third kappa shape index (κ3) is 3.91. The number of likely N-dealkylation sites (tertiary alicyclic amines) is 1. The first-order chi connectivity index (χ1) is 12.0. The number of nitrogens with zero attached hydrogens (tertiary/aromatic N) is 1. The van der Waals surface area contributed by atoms with Crippen LogP contribution < -0.4 is 5.32 Å². The van der Waals surface area contributed by atoms with Gasteiger partial charge in [0.15, 0.2) is 0 Å². The van der Waals surface area contributed by atoms with Crippen LogP contribution in [0.25, 0.3) is 0 Å². The van der Waals surface area contributed by atoms with Gasteiger partial charge >= 0.3 is 0 Å². The van der Waals surface area contributed by atoms with E-state index in [0.29, 0.717) is 11.1 Å². The van der Waals surface area contributed by atoms with Crippen LogP contribution in [0.2, 0.25) is 0 Å². The molecule has 3 rings (SSSR count). The van der Waals surface area contributed by atoms with E-state index in [9.17, 15) is 18.8 Å². The molecule has 0 radical (unpaired) electrons. The van der Waals surface area contributed by atoms with Crippen molar-refractivity contribution in [2.45, 2.75) is 25.9 Å². The second kappa shape index (κ2) is 7.25.